The molecule has 0 radical (unpaired) electrons. The van der Waals surface area contributed by atoms with Crippen molar-refractivity contribution in [3.8, 4) is 0 Å². The summed E-state index contributed by atoms with van der Waals surface area (Å²) in [5, 5.41) is 0.351. The van der Waals surface area contributed by atoms with Crippen LogP contribution in [0.2, 0.25) is 0 Å². The van der Waals surface area contributed by atoms with Crippen LogP contribution in [0.4, 0.5) is 0 Å². The van der Waals surface area contributed by atoms with Gasteiger partial charge in [-0.3, -0.25) is 0 Å². The fourth-order valence-corrected chi connectivity index (χ4v) is 2.87. The zero-order chi connectivity index (χ0) is 8.06. The maximum atomic E-state index is 11.3. The van der Waals surface area contributed by atoms with Crippen LogP contribution in [0.15, 0.2) is 15.0 Å². The molecule has 5 heteroatoms. The fraction of sp³-hybridized carbons (Fsp3) is 0.500. The van der Waals surface area contributed by atoms with Gasteiger partial charge in [-0.2, -0.15) is 0 Å². The van der Waals surface area contributed by atoms with Gasteiger partial charge in [0, 0.05) is 5.92 Å². The van der Waals surface area contributed by atoms with Gasteiger partial charge in [-0.05, 0) is 28.8 Å². The van der Waals surface area contributed by atoms with Gasteiger partial charge in [-0.15, -0.1) is 0 Å². The molecule has 0 aromatic rings. The van der Waals surface area contributed by atoms with Crippen LogP contribution in [0, 0.1) is 5.92 Å². The topological polar surface area (TPSA) is 46.5 Å². The first kappa shape index (κ1) is 7.49. The van der Waals surface area contributed by atoms with Gasteiger partial charge in [0.25, 0.3) is 0 Å². The minimum Gasteiger partial charge on any atom is -0.247 e. The lowest BCUT2D eigenvalue weighted by molar-refractivity contribution is 0.614. The van der Waals surface area contributed by atoms with Gasteiger partial charge in [0.05, 0.1) is 6.20 Å². The number of hydrogen-bond acceptors (Lipinski definition) is 3. The van der Waals surface area contributed by atoms with E-state index in [1.54, 1.807) is 0 Å². The van der Waals surface area contributed by atoms with E-state index in [1.165, 1.54) is 6.20 Å². The lowest BCUT2D eigenvalue weighted by Gasteiger charge is -1.96. The van der Waals surface area contributed by atoms with Crippen LogP contribution in [0.25, 0.3) is 0 Å². The van der Waals surface area contributed by atoms with Crippen molar-refractivity contribution in [2.24, 2.45) is 10.9 Å². The van der Waals surface area contributed by atoms with E-state index in [1.807, 2.05) is 0 Å². The molecule has 60 valence electrons. The molecule has 0 aromatic carbocycles. The van der Waals surface area contributed by atoms with E-state index >= 15 is 0 Å². The highest BCUT2D eigenvalue weighted by atomic mass is 79.9. The number of rotatable bonds is 1. The molecule has 1 fully saturated rings. The molecule has 11 heavy (non-hydrogen) atoms. The summed E-state index contributed by atoms with van der Waals surface area (Å²) < 4.78 is 22.9. The Morgan fingerprint density at radius 3 is 2.55 bits per heavy atom. The van der Waals surface area contributed by atoms with Gasteiger partial charge >= 0.3 is 0 Å². The van der Waals surface area contributed by atoms with Gasteiger partial charge in [-0.25, -0.2) is 13.4 Å². The maximum Gasteiger partial charge on any atom is 0.228 e. The van der Waals surface area contributed by atoms with Gasteiger partial charge < -0.3 is 0 Å². The summed E-state index contributed by atoms with van der Waals surface area (Å²) in [6, 6.07) is 0. The lowest BCUT2D eigenvalue weighted by atomic mass is 10.5. The van der Waals surface area contributed by atoms with Crippen molar-refractivity contribution in [2.45, 2.75) is 12.8 Å². The molecule has 0 amide bonds. The molecule has 1 saturated carbocycles. The van der Waals surface area contributed by atoms with Gasteiger partial charge in [0.2, 0.25) is 9.84 Å². The average Bonchev–Trinajstić information content (AvgIpc) is 2.67. The Morgan fingerprint density at radius 2 is 2.18 bits per heavy atom. The van der Waals surface area contributed by atoms with E-state index in [4.69, 9.17) is 0 Å². The van der Waals surface area contributed by atoms with Crippen LogP contribution < -0.4 is 0 Å². The molecule has 0 saturated heterocycles. The van der Waals surface area contributed by atoms with Crippen LogP contribution in [-0.4, -0.2) is 13.5 Å². The quantitative estimate of drug-likeness (QED) is 0.691. The molecule has 0 spiro atoms. The monoisotopic (exact) mass is 235 g/mol. The number of sulfone groups is 1. The zero-order valence-electron chi connectivity index (χ0n) is 5.62. The molecule has 3 nitrogen and oxygen atoms in total. The molecule has 0 unspecified atom stereocenters. The zero-order valence-corrected chi connectivity index (χ0v) is 8.02. The Morgan fingerprint density at radius 1 is 1.55 bits per heavy atom. The Balaban J connectivity index is 2.42. The largest absolute Gasteiger partial charge is 0.247 e. The summed E-state index contributed by atoms with van der Waals surface area (Å²) in [6.07, 6.45) is 3.29. The van der Waals surface area contributed by atoms with Crippen molar-refractivity contribution in [2.75, 3.05) is 0 Å². The second kappa shape index (κ2) is 2.17. The molecule has 0 bridgehead atoms. The summed E-state index contributed by atoms with van der Waals surface area (Å²) in [5.41, 5.74) is 0. The van der Waals surface area contributed by atoms with Gasteiger partial charge in [0.1, 0.15) is 8.86 Å². The Labute approximate surface area is 73.3 Å². The van der Waals surface area contributed by atoms with Gasteiger partial charge in [-0.1, -0.05) is 0 Å². The van der Waals surface area contributed by atoms with Gasteiger partial charge in [0.15, 0.2) is 0 Å². The molecule has 1 heterocycles. The molecular formula is C6H6BrNO2S. The normalized spacial score (nSPS) is 28.1. The molecule has 0 aromatic heterocycles. The molecule has 2 aliphatic rings. The van der Waals surface area contributed by atoms with Crippen molar-refractivity contribution in [1.29, 1.82) is 0 Å². The van der Waals surface area contributed by atoms with Crippen LogP contribution in [-0.2, 0) is 9.84 Å². The first-order chi connectivity index (χ1) is 5.12. The second-order valence-corrected chi connectivity index (χ2v) is 5.92. The van der Waals surface area contributed by atoms with E-state index in [9.17, 15) is 8.42 Å². The highest BCUT2D eigenvalue weighted by molar-refractivity contribution is 9.14. The summed E-state index contributed by atoms with van der Waals surface area (Å²) >= 11 is 2.95. The predicted molar refractivity (Wildman–Crippen MR) is 46.1 cm³/mol. The van der Waals surface area contributed by atoms with E-state index < -0.39 is 9.84 Å². The maximum absolute atomic E-state index is 11.3. The third-order valence-electron chi connectivity index (χ3n) is 1.75. The van der Waals surface area contributed by atoms with Crippen molar-refractivity contribution in [3.05, 3.63) is 10.0 Å². The van der Waals surface area contributed by atoms with E-state index in [0.717, 1.165) is 12.8 Å². The fourth-order valence-electron chi connectivity index (χ4n) is 1.01. The van der Waals surface area contributed by atoms with Crippen LogP contribution >= 0.6 is 15.9 Å². The third-order valence-corrected chi connectivity index (χ3v) is 4.84. The van der Waals surface area contributed by atoms with E-state index in [-0.39, 0.29) is 9.73 Å². The summed E-state index contributed by atoms with van der Waals surface area (Å²) in [4.78, 5) is 3.85. The average molecular weight is 236 g/mol. The highest BCUT2D eigenvalue weighted by Gasteiger charge is 2.39. The molecule has 1 aliphatic carbocycles. The highest BCUT2D eigenvalue weighted by Crippen LogP contribution is 2.38. The summed E-state index contributed by atoms with van der Waals surface area (Å²) in [5.74, 6) is 0.200. The number of aliphatic imine (C=N–C) groups is 1. The number of nitrogens with zero attached hydrogens (tertiary/aromatic N) is 1. The molecule has 1 aliphatic heterocycles. The molecular weight excluding hydrogens is 230 g/mol. The SMILES string of the molecule is O=S1(=O)C(Br)=CN=C1C1CC1. The Kier molecular flexibility index (Phi) is 1.47. The van der Waals surface area contributed by atoms with Crippen LogP contribution in [0.3, 0.4) is 0 Å². The summed E-state index contributed by atoms with van der Waals surface area (Å²) in [7, 11) is -3.17. The summed E-state index contributed by atoms with van der Waals surface area (Å²) in [6.45, 7) is 0. The molecule has 2 rings (SSSR count). The van der Waals surface area contributed by atoms with E-state index in [2.05, 4.69) is 20.9 Å². The van der Waals surface area contributed by atoms with Crippen LogP contribution in [0.1, 0.15) is 12.8 Å². The molecule has 0 N–H and O–H groups in total. The smallest absolute Gasteiger partial charge is 0.228 e. The standard InChI is InChI=1S/C6H6BrNO2S/c7-5-3-8-6(4-1-2-4)11(5,9)10/h3-4H,1-2H2. The number of hydrogen-bond donors (Lipinski definition) is 0. The van der Waals surface area contributed by atoms with Crippen molar-refractivity contribution < 1.29 is 8.42 Å². The predicted octanol–water partition coefficient (Wildman–Crippen LogP) is 1.42. The van der Waals surface area contributed by atoms with Crippen molar-refractivity contribution in [3.63, 3.8) is 0 Å². The Hall–Kier alpha value is -0.160. The minimum absolute atomic E-state index is 0.200. The van der Waals surface area contributed by atoms with E-state index in [0.29, 0.717) is 5.04 Å². The van der Waals surface area contributed by atoms with Crippen molar-refractivity contribution in [1.82, 2.24) is 0 Å². The first-order valence-corrected chi connectivity index (χ1v) is 5.58. The lowest BCUT2D eigenvalue weighted by Crippen LogP contribution is -2.12. The number of halogens is 1. The first-order valence-electron chi connectivity index (χ1n) is 3.31. The Bertz CT molecular complexity index is 351. The minimum atomic E-state index is -3.17. The van der Waals surface area contributed by atoms with Crippen LogP contribution in [0.5, 0.6) is 0 Å². The second-order valence-electron chi connectivity index (χ2n) is 2.68. The van der Waals surface area contributed by atoms with Crippen molar-refractivity contribution >= 4 is 30.8 Å². The molecule has 0 atom stereocenters. The third kappa shape index (κ3) is 1.06.